The van der Waals surface area contributed by atoms with Crippen molar-refractivity contribution < 1.29 is 13.2 Å². The van der Waals surface area contributed by atoms with Crippen LogP contribution in [0.2, 0.25) is 0 Å². The molecule has 1 fully saturated rings. The summed E-state index contributed by atoms with van der Waals surface area (Å²) in [7, 11) is -3.27. The van der Waals surface area contributed by atoms with Gasteiger partial charge < -0.3 is 4.74 Å². The van der Waals surface area contributed by atoms with Gasteiger partial charge in [-0.1, -0.05) is 30.3 Å². The van der Waals surface area contributed by atoms with Gasteiger partial charge in [0.2, 0.25) is 10.0 Å². The predicted octanol–water partition coefficient (Wildman–Crippen LogP) is 1.95. The maximum atomic E-state index is 12.2. The van der Waals surface area contributed by atoms with Crippen molar-refractivity contribution in [2.24, 2.45) is 0 Å². The molecule has 0 saturated carbocycles. The molecular weight excluding hydrogens is 300 g/mol. The van der Waals surface area contributed by atoms with Gasteiger partial charge in [-0.2, -0.15) is 9.57 Å². The zero-order valence-corrected chi connectivity index (χ0v) is 13.5. The van der Waals surface area contributed by atoms with Crippen molar-refractivity contribution in [1.29, 1.82) is 5.26 Å². The van der Waals surface area contributed by atoms with Crippen molar-refractivity contribution in [3.05, 3.63) is 35.9 Å². The zero-order chi connectivity index (χ0) is 15.8. The Morgan fingerprint density at radius 2 is 2.09 bits per heavy atom. The maximum Gasteiger partial charge on any atom is 0.214 e. The van der Waals surface area contributed by atoms with E-state index in [0.717, 1.165) is 12.8 Å². The summed E-state index contributed by atoms with van der Waals surface area (Å²) in [6.45, 7) is 1.27. The monoisotopic (exact) mass is 322 g/mol. The summed E-state index contributed by atoms with van der Waals surface area (Å²) in [6.07, 6.45) is 2.31. The minimum atomic E-state index is -3.27. The van der Waals surface area contributed by atoms with Crippen LogP contribution in [0.25, 0.3) is 0 Å². The second kappa shape index (κ2) is 8.28. The van der Waals surface area contributed by atoms with Gasteiger partial charge in [-0.3, -0.25) is 0 Å². The van der Waals surface area contributed by atoms with Gasteiger partial charge in [-0.25, -0.2) is 8.42 Å². The Labute approximate surface area is 132 Å². The number of nitrogens with zero attached hydrogens (tertiary/aromatic N) is 2. The third kappa shape index (κ3) is 5.09. The summed E-state index contributed by atoms with van der Waals surface area (Å²) in [5, 5.41) is 8.52. The number of benzene rings is 1. The molecule has 0 bridgehead atoms. The van der Waals surface area contributed by atoms with E-state index in [-0.39, 0.29) is 18.3 Å². The molecule has 0 radical (unpaired) electrons. The van der Waals surface area contributed by atoms with Gasteiger partial charge in [0.15, 0.2) is 0 Å². The van der Waals surface area contributed by atoms with E-state index in [1.165, 1.54) is 9.87 Å². The molecule has 0 spiro atoms. The van der Waals surface area contributed by atoms with Crippen LogP contribution in [0.4, 0.5) is 0 Å². The van der Waals surface area contributed by atoms with Crippen LogP contribution < -0.4 is 0 Å². The number of aryl methyl sites for hydroxylation is 1. The number of sulfonamides is 1. The Kier molecular flexibility index (Phi) is 6.37. The molecular formula is C16H22N2O3S. The highest BCUT2D eigenvalue weighted by Gasteiger charge is 2.28. The van der Waals surface area contributed by atoms with E-state index in [0.29, 0.717) is 26.1 Å². The largest absolute Gasteiger partial charge is 0.375 e. The topological polar surface area (TPSA) is 70.4 Å². The number of morpholine rings is 1. The maximum absolute atomic E-state index is 12.2. The molecule has 0 N–H and O–H groups in total. The fraction of sp³-hybridized carbons (Fsp3) is 0.562. The van der Waals surface area contributed by atoms with E-state index in [9.17, 15) is 8.42 Å². The molecule has 120 valence electrons. The molecule has 5 nitrogen and oxygen atoms in total. The number of unbranched alkanes of at least 4 members (excludes halogenated alkanes) is 1. The molecule has 0 unspecified atom stereocenters. The Bertz CT molecular complexity index is 596. The first kappa shape index (κ1) is 16.9. The highest BCUT2D eigenvalue weighted by atomic mass is 32.2. The second-order valence-corrected chi connectivity index (χ2v) is 7.54. The molecule has 0 aromatic heterocycles. The van der Waals surface area contributed by atoms with E-state index in [1.807, 2.05) is 24.3 Å². The van der Waals surface area contributed by atoms with Gasteiger partial charge in [0.05, 0.1) is 24.5 Å². The van der Waals surface area contributed by atoms with E-state index < -0.39 is 10.0 Å². The molecule has 1 aromatic carbocycles. The van der Waals surface area contributed by atoms with E-state index in [4.69, 9.17) is 10.00 Å². The first-order chi connectivity index (χ1) is 10.6. The Morgan fingerprint density at radius 3 is 2.82 bits per heavy atom. The quantitative estimate of drug-likeness (QED) is 0.720. The molecule has 1 saturated heterocycles. The molecule has 2 rings (SSSR count). The standard InChI is InChI=1S/C16H22N2O3S/c17-10-4-5-13-22(19,20)18-11-12-21-16(14-18)9-8-15-6-2-1-3-7-15/h1-3,6-7,16H,4-5,8-9,11-14H2/t16-/m1/s1. The first-order valence-electron chi connectivity index (χ1n) is 7.62. The smallest absolute Gasteiger partial charge is 0.214 e. The molecule has 0 aliphatic carbocycles. The minimum Gasteiger partial charge on any atom is -0.375 e. The van der Waals surface area contributed by atoms with Crippen molar-refractivity contribution in [2.75, 3.05) is 25.4 Å². The average molecular weight is 322 g/mol. The van der Waals surface area contributed by atoms with Crippen LogP contribution in [-0.4, -0.2) is 44.3 Å². The molecule has 1 aliphatic heterocycles. The van der Waals surface area contributed by atoms with E-state index >= 15 is 0 Å². The minimum absolute atomic E-state index is 0.0476. The van der Waals surface area contributed by atoms with Crippen LogP contribution in [0.1, 0.15) is 24.8 Å². The van der Waals surface area contributed by atoms with Gasteiger partial charge >= 0.3 is 0 Å². The number of hydrogen-bond acceptors (Lipinski definition) is 4. The highest BCUT2D eigenvalue weighted by molar-refractivity contribution is 7.89. The second-order valence-electron chi connectivity index (χ2n) is 5.45. The van der Waals surface area contributed by atoms with Gasteiger partial charge in [0, 0.05) is 19.5 Å². The lowest BCUT2D eigenvalue weighted by Crippen LogP contribution is -2.46. The predicted molar refractivity (Wildman–Crippen MR) is 84.7 cm³/mol. The summed E-state index contributed by atoms with van der Waals surface area (Å²) in [5.74, 6) is 0.0476. The van der Waals surface area contributed by atoms with Crippen molar-refractivity contribution in [3.8, 4) is 6.07 Å². The van der Waals surface area contributed by atoms with Crippen molar-refractivity contribution >= 4 is 10.0 Å². The molecule has 6 heteroatoms. The van der Waals surface area contributed by atoms with Crippen LogP contribution in [0.15, 0.2) is 30.3 Å². The molecule has 0 amide bonds. The Hall–Kier alpha value is -1.42. The molecule has 1 atom stereocenters. The van der Waals surface area contributed by atoms with Gasteiger partial charge in [-0.15, -0.1) is 0 Å². The average Bonchev–Trinajstić information content (AvgIpc) is 2.54. The molecule has 1 aromatic rings. The third-order valence-corrected chi connectivity index (χ3v) is 5.71. The van der Waals surface area contributed by atoms with Crippen molar-refractivity contribution in [2.45, 2.75) is 31.8 Å². The van der Waals surface area contributed by atoms with Crippen molar-refractivity contribution in [1.82, 2.24) is 4.31 Å². The lowest BCUT2D eigenvalue weighted by atomic mass is 10.1. The zero-order valence-electron chi connectivity index (χ0n) is 12.6. The lowest BCUT2D eigenvalue weighted by molar-refractivity contribution is -0.00525. The summed E-state index contributed by atoms with van der Waals surface area (Å²) >= 11 is 0. The fourth-order valence-electron chi connectivity index (χ4n) is 2.55. The van der Waals surface area contributed by atoms with Crippen molar-refractivity contribution in [3.63, 3.8) is 0 Å². The normalized spacial score (nSPS) is 19.7. The van der Waals surface area contributed by atoms with E-state index in [1.54, 1.807) is 0 Å². The van der Waals surface area contributed by atoms with Crippen LogP contribution in [0.5, 0.6) is 0 Å². The lowest BCUT2D eigenvalue weighted by Gasteiger charge is -2.32. The van der Waals surface area contributed by atoms with Gasteiger partial charge in [0.25, 0.3) is 0 Å². The SMILES string of the molecule is N#CCCCS(=O)(=O)N1CCO[C@H](CCc2ccccc2)C1. The third-order valence-electron chi connectivity index (χ3n) is 3.78. The van der Waals surface area contributed by atoms with E-state index in [2.05, 4.69) is 12.1 Å². The van der Waals surface area contributed by atoms with Crippen LogP contribution in [0.3, 0.4) is 0 Å². The number of ether oxygens (including phenoxy) is 1. The summed E-state index contributed by atoms with van der Waals surface area (Å²) < 4.78 is 31.7. The summed E-state index contributed by atoms with van der Waals surface area (Å²) in [6, 6.07) is 12.1. The van der Waals surface area contributed by atoms with Gasteiger partial charge in [0.1, 0.15) is 0 Å². The highest BCUT2D eigenvalue weighted by Crippen LogP contribution is 2.16. The summed E-state index contributed by atoms with van der Waals surface area (Å²) in [5.41, 5.74) is 1.24. The van der Waals surface area contributed by atoms with Crippen LogP contribution in [-0.2, 0) is 21.2 Å². The van der Waals surface area contributed by atoms with Crippen LogP contribution >= 0.6 is 0 Å². The summed E-state index contributed by atoms with van der Waals surface area (Å²) in [4.78, 5) is 0. The van der Waals surface area contributed by atoms with Gasteiger partial charge in [-0.05, 0) is 24.8 Å². The molecule has 1 aliphatic rings. The Balaban J connectivity index is 1.85. The van der Waals surface area contributed by atoms with Crippen LogP contribution in [0, 0.1) is 11.3 Å². The number of nitriles is 1. The first-order valence-corrected chi connectivity index (χ1v) is 9.23. The number of rotatable bonds is 7. The molecule has 22 heavy (non-hydrogen) atoms. The number of hydrogen-bond donors (Lipinski definition) is 0. The molecule has 1 heterocycles. The fourth-order valence-corrected chi connectivity index (χ4v) is 4.07. The Morgan fingerprint density at radius 1 is 1.32 bits per heavy atom.